The molecule has 1 aromatic heterocycles. The Labute approximate surface area is 177 Å². The van der Waals surface area contributed by atoms with Crippen molar-refractivity contribution in [1.29, 1.82) is 0 Å². The minimum atomic E-state index is -0.228. The van der Waals surface area contributed by atoms with Crippen molar-refractivity contribution in [1.82, 2.24) is 0 Å². The smallest absolute Gasteiger partial charge is 0.232 e. The summed E-state index contributed by atoms with van der Waals surface area (Å²) in [7, 11) is 2.05. The summed E-state index contributed by atoms with van der Waals surface area (Å²) in [5.41, 5.74) is 1.72. The number of quaternary nitrogens is 1. The van der Waals surface area contributed by atoms with Gasteiger partial charge in [0.1, 0.15) is 23.6 Å². The first-order chi connectivity index (χ1) is 14.0. The van der Waals surface area contributed by atoms with E-state index < -0.39 is 0 Å². The average molecular weight is 456 g/mol. The molecule has 2 heterocycles. The number of hydrogen-bond acceptors (Lipinski definition) is 4. The monoisotopic (exact) mass is 455 g/mol. The van der Waals surface area contributed by atoms with Crippen LogP contribution in [0.25, 0.3) is 17.0 Å². The third kappa shape index (κ3) is 3.95. The van der Waals surface area contributed by atoms with E-state index in [1.54, 1.807) is 12.1 Å². The molecular formula is C23H22BrNO4. The van der Waals surface area contributed by atoms with E-state index in [2.05, 4.69) is 29.9 Å². The number of fused-ring (bicyclic) bond motifs is 2. The highest BCUT2D eigenvalue weighted by molar-refractivity contribution is 9.10. The molecule has 2 aromatic carbocycles. The lowest BCUT2D eigenvalue weighted by molar-refractivity contribution is -0.894. The number of carbonyl (C=O) groups excluding carboxylic acids is 1. The Morgan fingerprint density at radius 2 is 2.03 bits per heavy atom. The summed E-state index contributed by atoms with van der Waals surface area (Å²) in [6.45, 7) is 3.63. The summed E-state index contributed by atoms with van der Waals surface area (Å²) < 4.78 is 12.6. The highest BCUT2D eigenvalue weighted by Gasteiger charge is 2.31. The van der Waals surface area contributed by atoms with Gasteiger partial charge in [0, 0.05) is 21.5 Å². The molecule has 1 aliphatic rings. The molecule has 0 aliphatic carbocycles. The third-order valence-electron chi connectivity index (χ3n) is 5.10. The number of ether oxygens (including phenoxy) is 1. The lowest BCUT2D eigenvalue weighted by Crippen LogP contribution is -3.07. The summed E-state index contributed by atoms with van der Waals surface area (Å²) in [6.07, 6.45) is 3.78. The lowest BCUT2D eigenvalue weighted by Gasteiger charge is -2.20. The summed E-state index contributed by atoms with van der Waals surface area (Å²) in [5, 5.41) is 13.4. The molecule has 1 N–H and O–H groups in total. The molecule has 5 nitrogen and oxygen atoms in total. The summed E-state index contributed by atoms with van der Waals surface area (Å²) in [4.78, 5) is 14.1. The Bertz CT molecular complexity index is 1120. The van der Waals surface area contributed by atoms with Crippen molar-refractivity contribution in [2.24, 2.45) is 0 Å². The Balaban J connectivity index is 1.65. The fraction of sp³-hybridized carbons (Fsp3) is 0.261. The van der Waals surface area contributed by atoms with E-state index in [0.29, 0.717) is 29.2 Å². The van der Waals surface area contributed by atoms with Gasteiger partial charge < -0.3 is 19.2 Å². The van der Waals surface area contributed by atoms with E-state index in [9.17, 15) is 9.90 Å². The largest absolute Gasteiger partial charge is 0.872 e. The van der Waals surface area contributed by atoms with Gasteiger partial charge >= 0.3 is 0 Å². The third-order valence-corrected chi connectivity index (χ3v) is 5.60. The van der Waals surface area contributed by atoms with Crippen LogP contribution in [0.3, 0.4) is 0 Å². The van der Waals surface area contributed by atoms with Crippen molar-refractivity contribution in [2.75, 3.05) is 13.6 Å². The van der Waals surface area contributed by atoms with Crippen LogP contribution in [0.1, 0.15) is 41.4 Å². The van der Waals surface area contributed by atoms with E-state index in [0.717, 1.165) is 34.8 Å². The molecule has 0 saturated carbocycles. The van der Waals surface area contributed by atoms with Gasteiger partial charge in [0.25, 0.3) is 0 Å². The molecule has 0 saturated heterocycles. The first-order valence-corrected chi connectivity index (χ1v) is 10.5. The van der Waals surface area contributed by atoms with E-state index in [1.165, 1.54) is 11.0 Å². The van der Waals surface area contributed by atoms with Gasteiger partial charge in [0.05, 0.1) is 19.2 Å². The van der Waals surface area contributed by atoms with Gasteiger partial charge in [-0.25, -0.2) is 0 Å². The number of halogens is 1. The number of Topliss-reactive ketones (excluding diaryl/α,β-unsaturated/α-hetero) is 1. The highest BCUT2D eigenvalue weighted by Crippen LogP contribution is 2.38. The molecule has 0 spiro atoms. The second-order valence-corrected chi connectivity index (χ2v) is 8.34. The van der Waals surface area contributed by atoms with Crippen molar-refractivity contribution < 1.29 is 24.0 Å². The maximum Gasteiger partial charge on any atom is 0.232 e. The number of allylic oxidation sites excluding steroid dienone is 1. The van der Waals surface area contributed by atoms with Gasteiger partial charge in [-0.3, -0.25) is 4.79 Å². The van der Waals surface area contributed by atoms with E-state index >= 15 is 0 Å². The fourth-order valence-electron chi connectivity index (χ4n) is 3.56. The molecule has 1 atom stereocenters. The molecule has 0 bridgehead atoms. The number of ketones is 1. The molecule has 1 unspecified atom stereocenters. The number of furan rings is 1. The molecule has 4 rings (SSSR count). The molecule has 3 aromatic rings. The van der Waals surface area contributed by atoms with Crippen molar-refractivity contribution in [3.63, 3.8) is 0 Å². The van der Waals surface area contributed by atoms with Gasteiger partial charge in [0.2, 0.25) is 5.78 Å². The second-order valence-electron chi connectivity index (χ2n) is 7.43. The van der Waals surface area contributed by atoms with Crippen LogP contribution in [0.15, 0.2) is 51.0 Å². The van der Waals surface area contributed by atoms with Gasteiger partial charge in [-0.15, -0.1) is 0 Å². The zero-order chi connectivity index (χ0) is 20.5. The first kappa shape index (κ1) is 19.7. The van der Waals surface area contributed by atoms with Crippen molar-refractivity contribution in [2.45, 2.75) is 26.3 Å². The minimum Gasteiger partial charge on any atom is -0.872 e. The SMILES string of the molecule is CCCC[NH+](C)Cc1c([O-])ccc2c1OC(=Cc1cc3cc(Br)ccc3o1)C2=O. The van der Waals surface area contributed by atoms with Crippen LogP contribution in [0.2, 0.25) is 0 Å². The summed E-state index contributed by atoms with van der Waals surface area (Å²) in [5.74, 6) is 0.778. The Morgan fingerprint density at radius 1 is 1.21 bits per heavy atom. The molecule has 0 radical (unpaired) electrons. The molecule has 29 heavy (non-hydrogen) atoms. The quantitative estimate of drug-likeness (QED) is 0.575. The van der Waals surface area contributed by atoms with Gasteiger partial charge in [-0.05, 0) is 36.8 Å². The predicted octanol–water partition coefficient (Wildman–Crippen LogP) is 3.70. The molecular weight excluding hydrogens is 434 g/mol. The van der Waals surface area contributed by atoms with Crippen molar-refractivity contribution in [3.05, 3.63) is 63.5 Å². The first-order valence-electron chi connectivity index (χ1n) is 9.73. The van der Waals surface area contributed by atoms with Crippen LogP contribution in [0.5, 0.6) is 11.5 Å². The molecule has 150 valence electrons. The molecule has 1 aliphatic heterocycles. The molecule has 0 fully saturated rings. The number of nitrogens with one attached hydrogen (secondary N) is 1. The molecule has 0 amide bonds. The zero-order valence-electron chi connectivity index (χ0n) is 16.4. The van der Waals surface area contributed by atoms with Crippen LogP contribution >= 0.6 is 15.9 Å². The van der Waals surface area contributed by atoms with Crippen LogP contribution in [-0.4, -0.2) is 19.4 Å². The number of carbonyl (C=O) groups is 1. The van der Waals surface area contributed by atoms with Gasteiger partial charge in [-0.1, -0.05) is 41.1 Å². The topological polar surface area (TPSA) is 66.9 Å². The predicted molar refractivity (Wildman–Crippen MR) is 113 cm³/mol. The van der Waals surface area contributed by atoms with Crippen LogP contribution in [0.4, 0.5) is 0 Å². The Morgan fingerprint density at radius 3 is 2.83 bits per heavy atom. The van der Waals surface area contributed by atoms with E-state index in [4.69, 9.17) is 9.15 Å². The van der Waals surface area contributed by atoms with Crippen LogP contribution < -0.4 is 14.7 Å². The number of benzene rings is 2. The van der Waals surface area contributed by atoms with Gasteiger partial charge in [0.15, 0.2) is 5.76 Å². The van der Waals surface area contributed by atoms with E-state index in [-0.39, 0.29) is 17.3 Å². The second kappa shape index (κ2) is 8.05. The number of hydrogen-bond donors (Lipinski definition) is 1. The van der Waals surface area contributed by atoms with Crippen molar-refractivity contribution in [3.8, 4) is 11.5 Å². The lowest BCUT2D eigenvalue weighted by atomic mass is 10.0. The Hall–Kier alpha value is -2.57. The molecule has 6 heteroatoms. The maximum atomic E-state index is 12.8. The van der Waals surface area contributed by atoms with Crippen LogP contribution in [-0.2, 0) is 6.54 Å². The average Bonchev–Trinajstić information content (AvgIpc) is 3.23. The number of unbranched alkanes of at least 4 members (excludes halogenated alkanes) is 1. The number of rotatable bonds is 6. The highest BCUT2D eigenvalue weighted by atomic mass is 79.9. The Kier molecular flexibility index (Phi) is 5.48. The summed E-state index contributed by atoms with van der Waals surface area (Å²) >= 11 is 3.44. The summed E-state index contributed by atoms with van der Waals surface area (Å²) in [6, 6.07) is 10.6. The van der Waals surface area contributed by atoms with E-state index in [1.807, 2.05) is 24.3 Å². The minimum absolute atomic E-state index is 0.0952. The van der Waals surface area contributed by atoms with Gasteiger partial charge in [-0.2, -0.15) is 0 Å². The zero-order valence-corrected chi connectivity index (χ0v) is 18.0. The van der Waals surface area contributed by atoms with Crippen molar-refractivity contribution >= 4 is 38.8 Å². The normalized spacial score (nSPS) is 15.7. The maximum absolute atomic E-state index is 12.8. The fourth-order valence-corrected chi connectivity index (χ4v) is 3.94. The standard InChI is InChI=1S/C23H22BrNO4/c1-3-4-9-25(2)13-18-19(26)7-6-17-22(27)21(29-23(17)18)12-16-11-14-10-15(24)5-8-20(14)28-16/h5-8,10-12,26H,3-4,9,13H2,1-2H3. The van der Waals surface area contributed by atoms with Crippen LogP contribution in [0, 0.1) is 0 Å².